The molecule has 0 aliphatic rings. The molecule has 0 unspecified atom stereocenters. The molecule has 4 nitrogen and oxygen atoms in total. The van der Waals surface area contributed by atoms with Gasteiger partial charge >= 0.3 is 0 Å². The van der Waals surface area contributed by atoms with Crippen LogP contribution in [0, 0.1) is 19.8 Å². The number of rotatable bonds is 8. The smallest absolute Gasteiger partial charge is 0.233 e. The molecule has 0 fully saturated rings. The van der Waals surface area contributed by atoms with Crippen LogP contribution >= 0.6 is 0 Å². The molecule has 0 saturated heterocycles. The van der Waals surface area contributed by atoms with Crippen LogP contribution in [-0.2, 0) is 16.3 Å². The lowest BCUT2D eigenvalue weighted by molar-refractivity contribution is 0.253. The number of aryl methyl sites for hydroxylation is 3. The summed E-state index contributed by atoms with van der Waals surface area (Å²) in [6.07, 6.45) is 2.90. The van der Waals surface area contributed by atoms with Gasteiger partial charge in [-0.15, -0.1) is 0 Å². The summed E-state index contributed by atoms with van der Waals surface area (Å²) in [6, 6.07) is 8.90. The third-order valence-electron chi connectivity index (χ3n) is 4.17. The summed E-state index contributed by atoms with van der Waals surface area (Å²) in [4.78, 5) is 5.06. The van der Waals surface area contributed by atoms with Crippen molar-refractivity contribution in [3.05, 3.63) is 47.2 Å². The van der Waals surface area contributed by atoms with Crippen molar-refractivity contribution >= 4 is 9.84 Å². The lowest BCUT2D eigenvalue weighted by Gasteiger charge is -2.17. The first-order valence-electron chi connectivity index (χ1n) is 9.21. The fourth-order valence-corrected chi connectivity index (χ4v) is 4.61. The van der Waals surface area contributed by atoms with Crippen molar-refractivity contribution < 1.29 is 13.2 Å². The van der Waals surface area contributed by atoms with Crippen LogP contribution in [0.4, 0.5) is 0 Å². The van der Waals surface area contributed by atoms with Crippen LogP contribution in [0.3, 0.4) is 0 Å². The number of unbranched alkanes of at least 4 members (excludes halogenated alkanes) is 1. The molecular formula is C21H29NO3S. The first kappa shape index (κ1) is 20.4. The van der Waals surface area contributed by atoms with Crippen molar-refractivity contribution in [1.82, 2.24) is 4.98 Å². The lowest BCUT2D eigenvalue weighted by Crippen LogP contribution is -2.14. The van der Waals surface area contributed by atoms with Gasteiger partial charge in [0.15, 0.2) is 0 Å². The van der Waals surface area contributed by atoms with E-state index in [1.54, 1.807) is 25.1 Å². The summed E-state index contributed by atoms with van der Waals surface area (Å²) in [5, 5.41) is 0. The molecule has 1 aromatic carbocycles. The van der Waals surface area contributed by atoms with Gasteiger partial charge in [0.25, 0.3) is 0 Å². The van der Waals surface area contributed by atoms with Crippen LogP contribution in [-0.4, -0.2) is 20.0 Å². The monoisotopic (exact) mass is 375 g/mol. The number of pyridine rings is 1. The third kappa shape index (κ3) is 4.64. The molecule has 26 heavy (non-hydrogen) atoms. The van der Waals surface area contributed by atoms with Crippen molar-refractivity contribution in [2.75, 3.05) is 6.61 Å². The maximum absolute atomic E-state index is 13.3. The third-order valence-corrected chi connectivity index (χ3v) is 6.24. The van der Waals surface area contributed by atoms with Crippen LogP contribution in [0.15, 0.2) is 40.1 Å². The lowest BCUT2D eigenvalue weighted by atomic mass is 10.1. The van der Waals surface area contributed by atoms with Crippen molar-refractivity contribution in [3.8, 4) is 5.88 Å². The highest BCUT2D eigenvalue weighted by molar-refractivity contribution is 7.91. The highest BCUT2D eigenvalue weighted by atomic mass is 32.2. The maximum Gasteiger partial charge on any atom is 0.233 e. The number of benzene rings is 1. The molecule has 0 bridgehead atoms. The first-order chi connectivity index (χ1) is 12.3. The molecule has 2 rings (SSSR count). The molecule has 0 atom stereocenters. The molecular weight excluding hydrogens is 346 g/mol. The normalized spacial score (nSPS) is 11.8. The Kier molecular flexibility index (Phi) is 6.81. The summed E-state index contributed by atoms with van der Waals surface area (Å²) < 4.78 is 32.6. The van der Waals surface area contributed by atoms with Gasteiger partial charge in [0, 0.05) is 5.69 Å². The van der Waals surface area contributed by atoms with Crippen LogP contribution in [0.2, 0.25) is 0 Å². The maximum atomic E-state index is 13.3. The van der Waals surface area contributed by atoms with Crippen molar-refractivity contribution in [1.29, 1.82) is 0 Å². The summed E-state index contributed by atoms with van der Waals surface area (Å²) in [5.74, 6) is 0.512. The molecule has 1 heterocycles. The number of aromatic nitrogens is 1. The van der Waals surface area contributed by atoms with Crippen molar-refractivity contribution in [2.45, 2.75) is 63.7 Å². The molecule has 0 N–H and O–H groups in total. The number of hydrogen-bond donors (Lipinski definition) is 0. The zero-order chi connectivity index (χ0) is 19.3. The van der Waals surface area contributed by atoms with E-state index >= 15 is 0 Å². The fourth-order valence-electron chi connectivity index (χ4n) is 2.82. The van der Waals surface area contributed by atoms with E-state index in [0.29, 0.717) is 17.1 Å². The van der Waals surface area contributed by atoms with Crippen LogP contribution in [0.5, 0.6) is 5.88 Å². The second-order valence-electron chi connectivity index (χ2n) is 7.14. The van der Waals surface area contributed by atoms with Crippen LogP contribution in [0.1, 0.15) is 50.4 Å². The number of ether oxygens (including phenoxy) is 1. The van der Waals surface area contributed by atoms with E-state index in [-0.39, 0.29) is 16.7 Å². The molecule has 0 aliphatic heterocycles. The SMILES string of the molecule is CCCCc1cc(C)c(S(=O)(=O)c2ccccc2C)c(OCC(C)C)n1. The quantitative estimate of drug-likeness (QED) is 0.658. The Bertz CT molecular complexity index is 858. The minimum Gasteiger partial charge on any atom is -0.476 e. The Balaban J connectivity index is 2.60. The molecule has 0 saturated carbocycles. The molecule has 0 spiro atoms. The summed E-state index contributed by atoms with van der Waals surface area (Å²) in [5.41, 5.74) is 2.29. The van der Waals surface area contributed by atoms with E-state index in [1.807, 2.05) is 32.9 Å². The van der Waals surface area contributed by atoms with E-state index in [4.69, 9.17) is 4.74 Å². The number of hydrogen-bond acceptors (Lipinski definition) is 4. The summed E-state index contributed by atoms with van der Waals surface area (Å²) >= 11 is 0. The Morgan fingerprint density at radius 2 is 1.81 bits per heavy atom. The second-order valence-corrected chi connectivity index (χ2v) is 9.00. The predicted octanol–water partition coefficient (Wildman–Crippen LogP) is 4.91. The van der Waals surface area contributed by atoms with Gasteiger partial charge in [0.1, 0.15) is 4.90 Å². The van der Waals surface area contributed by atoms with E-state index in [2.05, 4.69) is 11.9 Å². The highest BCUT2D eigenvalue weighted by Gasteiger charge is 2.28. The summed E-state index contributed by atoms with van der Waals surface area (Å²) in [7, 11) is -3.70. The van der Waals surface area contributed by atoms with Gasteiger partial charge in [-0.3, -0.25) is 0 Å². The number of sulfone groups is 1. The molecule has 2 aromatic rings. The van der Waals surface area contributed by atoms with Crippen LogP contribution < -0.4 is 4.74 Å². The van der Waals surface area contributed by atoms with Gasteiger partial charge in [-0.2, -0.15) is 0 Å². The predicted molar refractivity (Wildman–Crippen MR) is 105 cm³/mol. The van der Waals surface area contributed by atoms with Crippen molar-refractivity contribution in [2.24, 2.45) is 5.92 Å². The molecule has 0 radical (unpaired) electrons. The van der Waals surface area contributed by atoms with Crippen molar-refractivity contribution in [3.63, 3.8) is 0 Å². The molecule has 142 valence electrons. The van der Waals surface area contributed by atoms with E-state index < -0.39 is 9.84 Å². The second kappa shape index (κ2) is 8.67. The fraction of sp³-hybridized carbons (Fsp3) is 0.476. The first-order valence-corrected chi connectivity index (χ1v) is 10.7. The average Bonchev–Trinajstić information content (AvgIpc) is 2.57. The molecule has 1 aromatic heterocycles. The number of nitrogens with zero attached hydrogens (tertiary/aromatic N) is 1. The minimum absolute atomic E-state index is 0.188. The van der Waals surface area contributed by atoms with Gasteiger partial charge in [0.05, 0.1) is 11.5 Å². The topological polar surface area (TPSA) is 56.3 Å². The Morgan fingerprint density at radius 1 is 1.12 bits per heavy atom. The van der Waals surface area contributed by atoms with E-state index in [0.717, 1.165) is 30.5 Å². The Hall–Kier alpha value is -1.88. The molecule has 0 amide bonds. The van der Waals surface area contributed by atoms with Gasteiger partial charge < -0.3 is 4.74 Å². The molecule has 0 aliphatic carbocycles. The van der Waals surface area contributed by atoms with Gasteiger partial charge in [-0.05, 0) is 55.9 Å². The van der Waals surface area contributed by atoms with Crippen LogP contribution in [0.25, 0.3) is 0 Å². The summed E-state index contributed by atoms with van der Waals surface area (Å²) in [6.45, 7) is 10.2. The average molecular weight is 376 g/mol. The van der Waals surface area contributed by atoms with E-state index in [9.17, 15) is 8.42 Å². The zero-order valence-electron chi connectivity index (χ0n) is 16.4. The molecule has 5 heteroatoms. The highest BCUT2D eigenvalue weighted by Crippen LogP contribution is 2.33. The minimum atomic E-state index is -3.70. The van der Waals surface area contributed by atoms with Gasteiger partial charge in [-0.1, -0.05) is 45.4 Å². The van der Waals surface area contributed by atoms with Gasteiger partial charge in [0.2, 0.25) is 15.7 Å². The Labute approximate surface area is 157 Å². The van der Waals surface area contributed by atoms with E-state index in [1.165, 1.54) is 0 Å². The largest absolute Gasteiger partial charge is 0.476 e. The van der Waals surface area contributed by atoms with Gasteiger partial charge in [-0.25, -0.2) is 13.4 Å². The standard InChI is InChI=1S/C21H29NO3S/c1-6-7-11-18-13-17(5)20(21(22-18)25-14-15(2)3)26(23,24)19-12-9-8-10-16(19)4/h8-10,12-13,15H,6-7,11,14H2,1-5H3. The zero-order valence-corrected chi connectivity index (χ0v) is 17.2. The Morgan fingerprint density at radius 3 is 2.42 bits per heavy atom.